The number of phosphoric acid groups is 1. The molecule has 0 fully saturated rings. The second-order valence-electron chi connectivity index (χ2n) is 13.1. The zero-order valence-electron chi connectivity index (χ0n) is 32.1. The summed E-state index contributed by atoms with van der Waals surface area (Å²) in [5.41, 5.74) is 0. The van der Waals surface area contributed by atoms with E-state index in [1.54, 1.807) is 7.05 Å². The molecule has 2 atom stereocenters. The molecule has 0 heterocycles. The van der Waals surface area contributed by atoms with Crippen LogP contribution in [0.3, 0.4) is 0 Å². The second kappa shape index (κ2) is 37.0. The fraction of sp³-hybridized carbons (Fsp3) is 0.800. The van der Waals surface area contributed by atoms with E-state index in [1.807, 2.05) is 0 Å². The number of carbonyl (C=O) groups excluding carboxylic acids is 2. The normalized spacial score (nSPS) is 13.8. The van der Waals surface area contributed by atoms with Gasteiger partial charge in [0.15, 0.2) is 6.10 Å². The summed E-state index contributed by atoms with van der Waals surface area (Å²) in [6.07, 6.45) is 37.6. The van der Waals surface area contributed by atoms with Crippen LogP contribution in [0.15, 0.2) is 36.5 Å². The highest BCUT2D eigenvalue weighted by molar-refractivity contribution is 7.47. The smallest absolute Gasteiger partial charge is 0.462 e. The Morgan fingerprint density at radius 3 is 1.66 bits per heavy atom. The molecule has 0 bridgehead atoms. The van der Waals surface area contributed by atoms with Gasteiger partial charge < -0.3 is 19.7 Å². The monoisotopic (exact) mass is 728 g/mol. The Morgan fingerprint density at radius 2 is 1.10 bits per heavy atom. The van der Waals surface area contributed by atoms with Crippen molar-refractivity contribution in [3.8, 4) is 0 Å². The zero-order valence-corrected chi connectivity index (χ0v) is 33.0. The van der Waals surface area contributed by atoms with E-state index in [0.717, 1.165) is 77.0 Å². The largest absolute Gasteiger partial charge is 0.472 e. The Labute approximate surface area is 306 Å². The summed E-state index contributed by atoms with van der Waals surface area (Å²) in [6.45, 7) is 4.13. The molecule has 0 spiro atoms. The minimum Gasteiger partial charge on any atom is -0.462 e. The van der Waals surface area contributed by atoms with Crippen LogP contribution in [0.1, 0.15) is 168 Å². The van der Waals surface area contributed by atoms with Crippen molar-refractivity contribution < 1.29 is 37.6 Å². The first-order chi connectivity index (χ1) is 24.3. The van der Waals surface area contributed by atoms with Crippen LogP contribution in [0, 0.1) is 0 Å². The van der Waals surface area contributed by atoms with Crippen LogP contribution in [-0.4, -0.2) is 56.3 Å². The van der Waals surface area contributed by atoms with Gasteiger partial charge in [-0.2, -0.15) is 0 Å². The summed E-state index contributed by atoms with van der Waals surface area (Å²) in [5.74, 6) is -0.829. The van der Waals surface area contributed by atoms with Gasteiger partial charge in [0.1, 0.15) is 6.61 Å². The molecule has 292 valence electrons. The average Bonchev–Trinajstić information content (AvgIpc) is 3.09. The molecule has 2 unspecified atom stereocenters. The first-order valence-electron chi connectivity index (χ1n) is 19.9. The van der Waals surface area contributed by atoms with Crippen LogP contribution in [0.5, 0.6) is 0 Å². The topological polar surface area (TPSA) is 120 Å². The zero-order chi connectivity index (χ0) is 36.8. The number of unbranched alkanes of at least 4 members (excludes halogenated alkanes) is 17. The van der Waals surface area contributed by atoms with Crippen LogP contribution in [0.2, 0.25) is 0 Å². The van der Waals surface area contributed by atoms with E-state index in [4.69, 9.17) is 18.5 Å². The van der Waals surface area contributed by atoms with Gasteiger partial charge in [0.05, 0.1) is 13.2 Å². The molecule has 9 nitrogen and oxygen atoms in total. The number of phosphoric ester groups is 1. The van der Waals surface area contributed by atoms with Gasteiger partial charge in [0, 0.05) is 19.4 Å². The Morgan fingerprint density at radius 1 is 0.620 bits per heavy atom. The highest BCUT2D eigenvalue weighted by Gasteiger charge is 2.26. The lowest BCUT2D eigenvalue weighted by atomic mass is 10.1. The van der Waals surface area contributed by atoms with Gasteiger partial charge in [-0.25, -0.2) is 4.57 Å². The lowest BCUT2D eigenvalue weighted by Crippen LogP contribution is -2.29. The van der Waals surface area contributed by atoms with Gasteiger partial charge in [-0.1, -0.05) is 127 Å². The SMILES string of the molecule is CCCC/C=C\CCCCCCCC(=O)OCC(COP(=O)(O)OCCNC)OC(=O)CCCCCCCCC/C=C\C/C=C\CCCCC. The van der Waals surface area contributed by atoms with E-state index in [1.165, 1.54) is 57.8 Å². The molecule has 0 aliphatic heterocycles. The Balaban J connectivity index is 4.28. The Hall–Kier alpha value is -1.77. The van der Waals surface area contributed by atoms with Crippen molar-refractivity contribution in [1.82, 2.24) is 5.32 Å². The van der Waals surface area contributed by atoms with E-state index in [0.29, 0.717) is 13.0 Å². The predicted molar refractivity (Wildman–Crippen MR) is 206 cm³/mol. The maximum absolute atomic E-state index is 12.6. The number of hydrogen-bond acceptors (Lipinski definition) is 8. The van der Waals surface area contributed by atoms with Crippen LogP contribution >= 0.6 is 7.82 Å². The van der Waals surface area contributed by atoms with E-state index in [-0.39, 0.29) is 32.0 Å². The van der Waals surface area contributed by atoms with Gasteiger partial charge in [0.2, 0.25) is 0 Å². The van der Waals surface area contributed by atoms with Gasteiger partial charge in [-0.15, -0.1) is 0 Å². The summed E-state index contributed by atoms with van der Waals surface area (Å²) in [7, 11) is -2.65. The molecular formula is C40H74NO8P. The van der Waals surface area contributed by atoms with Gasteiger partial charge in [-0.3, -0.25) is 18.6 Å². The van der Waals surface area contributed by atoms with Crippen LogP contribution in [0.4, 0.5) is 0 Å². The molecule has 0 aromatic carbocycles. The number of nitrogens with one attached hydrogen (secondary N) is 1. The Bertz CT molecular complexity index is 923. The third-order valence-corrected chi connectivity index (χ3v) is 9.22. The quantitative estimate of drug-likeness (QED) is 0.0279. The summed E-state index contributed by atoms with van der Waals surface area (Å²) < 4.78 is 33.1. The van der Waals surface area contributed by atoms with Gasteiger partial charge in [0.25, 0.3) is 0 Å². The fourth-order valence-electron chi connectivity index (χ4n) is 5.15. The predicted octanol–water partition coefficient (Wildman–Crippen LogP) is 10.9. The van der Waals surface area contributed by atoms with E-state index >= 15 is 0 Å². The standard InChI is InChI=1S/C40H74NO8P/c1-4-6-8-10-12-14-16-17-18-19-20-21-23-25-27-29-31-33-40(43)49-38(37-48-50(44,45)47-35-34-41-3)36-46-39(42)32-30-28-26-24-22-15-13-11-9-7-5-2/h11-14,17-18,38,41H,4-10,15-16,19-37H2,1-3H3,(H,44,45)/b13-11-,14-12-,18-17-. The summed E-state index contributed by atoms with van der Waals surface area (Å²) in [4.78, 5) is 34.9. The maximum atomic E-state index is 12.6. The van der Waals surface area contributed by atoms with Crippen molar-refractivity contribution >= 4 is 19.8 Å². The molecule has 0 radical (unpaired) electrons. The van der Waals surface area contributed by atoms with Crippen molar-refractivity contribution in [2.45, 2.75) is 174 Å². The van der Waals surface area contributed by atoms with E-state index in [9.17, 15) is 19.0 Å². The number of hydrogen-bond donors (Lipinski definition) is 2. The number of carbonyl (C=O) groups is 2. The van der Waals surface area contributed by atoms with Crippen LogP contribution in [-0.2, 0) is 32.7 Å². The minimum absolute atomic E-state index is 0.0203. The number of esters is 2. The number of ether oxygens (including phenoxy) is 2. The molecule has 0 amide bonds. The van der Waals surface area contributed by atoms with E-state index < -0.39 is 26.5 Å². The molecule has 0 aliphatic carbocycles. The molecule has 0 aliphatic rings. The second-order valence-corrected chi connectivity index (χ2v) is 14.6. The summed E-state index contributed by atoms with van der Waals surface area (Å²) in [6, 6.07) is 0. The van der Waals surface area contributed by atoms with Crippen molar-refractivity contribution in [3.05, 3.63) is 36.5 Å². The third kappa shape index (κ3) is 36.0. The van der Waals surface area contributed by atoms with Crippen molar-refractivity contribution in [2.75, 3.05) is 33.4 Å². The molecule has 50 heavy (non-hydrogen) atoms. The summed E-state index contributed by atoms with van der Waals surface area (Å²) >= 11 is 0. The number of allylic oxidation sites excluding steroid dienone is 6. The van der Waals surface area contributed by atoms with Crippen molar-refractivity contribution in [2.24, 2.45) is 0 Å². The lowest BCUT2D eigenvalue weighted by Gasteiger charge is -2.20. The van der Waals surface area contributed by atoms with Crippen LogP contribution in [0.25, 0.3) is 0 Å². The fourth-order valence-corrected chi connectivity index (χ4v) is 5.90. The maximum Gasteiger partial charge on any atom is 0.472 e. The lowest BCUT2D eigenvalue weighted by molar-refractivity contribution is -0.161. The van der Waals surface area contributed by atoms with Gasteiger partial charge in [-0.05, 0) is 71.3 Å². The van der Waals surface area contributed by atoms with E-state index in [2.05, 4.69) is 55.6 Å². The van der Waals surface area contributed by atoms with Crippen LogP contribution < -0.4 is 5.32 Å². The third-order valence-electron chi connectivity index (χ3n) is 8.23. The van der Waals surface area contributed by atoms with Gasteiger partial charge >= 0.3 is 19.8 Å². The minimum atomic E-state index is -4.35. The number of likely N-dealkylation sites (N-methyl/N-ethyl adjacent to an activating group) is 1. The highest BCUT2D eigenvalue weighted by atomic mass is 31.2. The van der Waals surface area contributed by atoms with Crippen molar-refractivity contribution in [1.29, 1.82) is 0 Å². The van der Waals surface area contributed by atoms with Crippen molar-refractivity contribution in [3.63, 3.8) is 0 Å². The Kier molecular flexibility index (Phi) is 35.7. The highest BCUT2D eigenvalue weighted by Crippen LogP contribution is 2.43. The molecule has 0 aromatic heterocycles. The first-order valence-corrected chi connectivity index (χ1v) is 21.4. The molecule has 0 saturated heterocycles. The number of rotatable bonds is 37. The average molecular weight is 728 g/mol. The molecule has 10 heteroatoms. The first kappa shape index (κ1) is 48.2. The molecule has 0 aromatic rings. The molecular weight excluding hydrogens is 653 g/mol. The summed E-state index contributed by atoms with van der Waals surface area (Å²) in [5, 5.41) is 2.82. The molecule has 2 N–H and O–H groups in total. The molecule has 0 saturated carbocycles. The molecule has 0 rings (SSSR count).